The van der Waals surface area contributed by atoms with Crippen molar-refractivity contribution >= 4 is 17.3 Å². The molecule has 0 spiro atoms. The number of nitro groups is 1. The number of rotatable bonds is 5. The summed E-state index contributed by atoms with van der Waals surface area (Å²) >= 11 is 5.99. The molecule has 6 nitrogen and oxygen atoms in total. The SMILES string of the molecule is C[C@H](NCc1cc2c(cc1[N+](=O)[O-])OCO2)c1cccc(Cl)c1. The van der Waals surface area contributed by atoms with E-state index in [2.05, 4.69) is 5.32 Å². The largest absolute Gasteiger partial charge is 0.454 e. The van der Waals surface area contributed by atoms with E-state index in [1.807, 2.05) is 25.1 Å². The van der Waals surface area contributed by atoms with E-state index in [0.29, 0.717) is 28.6 Å². The van der Waals surface area contributed by atoms with E-state index in [0.717, 1.165) is 5.56 Å². The summed E-state index contributed by atoms with van der Waals surface area (Å²) in [6.07, 6.45) is 0. The Labute approximate surface area is 138 Å². The van der Waals surface area contributed by atoms with Crippen molar-refractivity contribution in [1.29, 1.82) is 0 Å². The molecule has 23 heavy (non-hydrogen) atoms. The molecule has 0 saturated heterocycles. The molecule has 0 radical (unpaired) electrons. The molecular weight excluding hydrogens is 320 g/mol. The zero-order valence-corrected chi connectivity index (χ0v) is 13.2. The first-order valence-corrected chi connectivity index (χ1v) is 7.48. The fourth-order valence-electron chi connectivity index (χ4n) is 2.44. The minimum atomic E-state index is -0.414. The van der Waals surface area contributed by atoms with Crippen LogP contribution in [0.1, 0.15) is 24.1 Å². The zero-order chi connectivity index (χ0) is 16.4. The van der Waals surface area contributed by atoms with Crippen molar-refractivity contribution in [1.82, 2.24) is 5.32 Å². The summed E-state index contributed by atoms with van der Waals surface area (Å²) in [6, 6.07) is 10.6. The molecule has 1 heterocycles. The molecule has 0 unspecified atom stereocenters. The summed E-state index contributed by atoms with van der Waals surface area (Å²) in [4.78, 5) is 10.8. The first kappa shape index (κ1) is 15.6. The third-order valence-electron chi connectivity index (χ3n) is 3.72. The molecule has 0 aliphatic carbocycles. The van der Waals surface area contributed by atoms with Gasteiger partial charge in [-0.25, -0.2) is 0 Å². The maximum absolute atomic E-state index is 11.2. The second-order valence-corrected chi connectivity index (χ2v) is 5.69. The summed E-state index contributed by atoms with van der Waals surface area (Å²) in [7, 11) is 0. The third kappa shape index (κ3) is 3.38. The summed E-state index contributed by atoms with van der Waals surface area (Å²) < 4.78 is 10.5. The number of fused-ring (bicyclic) bond motifs is 1. The van der Waals surface area contributed by atoms with Crippen LogP contribution in [-0.2, 0) is 6.54 Å². The molecule has 0 fully saturated rings. The summed E-state index contributed by atoms with van der Waals surface area (Å²) in [5, 5.41) is 15.2. The maximum atomic E-state index is 11.2. The van der Waals surface area contributed by atoms with Crippen molar-refractivity contribution in [2.75, 3.05) is 6.79 Å². The van der Waals surface area contributed by atoms with Gasteiger partial charge < -0.3 is 14.8 Å². The van der Waals surface area contributed by atoms with Gasteiger partial charge in [-0.2, -0.15) is 0 Å². The molecule has 7 heteroatoms. The Morgan fingerprint density at radius 2 is 2.04 bits per heavy atom. The summed E-state index contributed by atoms with van der Waals surface area (Å²) in [5.41, 5.74) is 1.58. The van der Waals surface area contributed by atoms with E-state index in [-0.39, 0.29) is 18.5 Å². The maximum Gasteiger partial charge on any atom is 0.277 e. The van der Waals surface area contributed by atoms with E-state index in [1.165, 1.54) is 6.07 Å². The van der Waals surface area contributed by atoms with Gasteiger partial charge in [0.15, 0.2) is 11.5 Å². The lowest BCUT2D eigenvalue weighted by Gasteiger charge is -2.15. The van der Waals surface area contributed by atoms with Gasteiger partial charge in [0.25, 0.3) is 5.69 Å². The quantitative estimate of drug-likeness (QED) is 0.664. The van der Waals surface area contributed by atoms with E-state index in [4.69, 9.17) is 21.1 Å². The minimum Gasteiger partial charge on any atom is -0.454 e. The number of nitrogens with zero attached hydrogens (tertiary/aromatic N) is 1. The van der Waals surface area contributed by atoms with E-state index in [9.17, 15) is 10.1 Å². The first-order valence-electron chi connectivity index (χ1n) is 7.10. The smallest absolute Gasteiger partial charge is 0.277 e. The van der Waals surface area contributed by atoms with E-state index < -0.39 is 4.92 Å². The second-order valence-electron chi connectivity index (χ2n) is 5.25. The van der Waals surface area contributed by atoms with Gasteiger partial charge in [0, 0.05) is 23.2 Å². The van der Waals surface area contributed by atoms with Crippen LogP contribution in [0.3, 0.4) is 0 Å². The highest BCUT2D eigenvalue weighted by molar-refractivity contribution is 6.30. The minimum absolute atomic E-state index is 0.00118. The molecule has 0 saturated carbocycles. The Hall–Kier alpha value is -2.31. The molecule has 1 N–H and O–H groups in total. The van der Waals surface area contributed by atoms with Gasteiger partial charge in [-0.3, -0.25) is 10.1 Å². The van der Waals surface area contributed by atoms with Gasteiger partial charge in [0.2, 0.25) is 6.79 Å². The van der Waals surface area contributed by atoms with E-state index >= 15 is 0 Å². The lowest BCUT2D eigenvalue weighted by molar-refractivity contribution is -0.385. The zero-order valence-electron chi connectivity index (χ0n) is 12.4. The number of hydrogen-bond acceptors (Lipinski definition) is 5. The van der Waals surface area contributed by atoms with Gasteiger partial charge in [-0.15, -0.1) is 0 Å². The van der Waals surface area contributed by atoms with Gasteiger partial charge in [-0.05, 0) is 30.7 Å². The number of nitrogens with one attached hydrogen (secondary N) is 1. The lowest BCUT2D eigenvalue weighted by Crippen LogP contribution is -2.18. The predicted molar refractivity (Wildman–Crippen MR) is 85.9 cm³/mol. The number of nitro benzene ring substituents is 1. The van der Waals surface area contributed by atoms with Crippen LogP contribution in [-0.4, -0.2) is 11.7 Å². The average molecular weight is 335 g/mol. The van der Waals surface area contributed by atoms with Gasteiger partial charge >= 0.3 is 0 Å². The summed E-state index contributed by atoms with van der Waals surface area (Å²) in [5.74, 6) is 0.936. The van der Waals surface area contributed by atoms with Crippen molar-refractivity contribution < 1.29 is 14.4 Å². The Kier molecular flexibility index (Phi) is 4.36. The summed E-state index contributed by atoms with van der Waals surface area (Å²) in [6.45, 7) is 2.40. The molecule has 1 aliphatic heterocycles. The van der Waals surface area contributed by atoms with Crippen LogP contribution in [0.4, 0.5) is 5.69 Å². The predicted octanol–water partition coefficient (Wildman–Crippen LogP) is 3.83. The van der Waals surface area contributed by atoms with Gasteiger partial charge in [-0.1, -0.05) is 23.7 Å². The Bertz CT molecular complexity index is 751. The highest BCUT2D eigenvalue weighted by Crippen LogP contribution is 2.38. The van der Waals surface area contributed by atoms with Gasteiger partial charge in [0.05, 0.1) is 11.0 Å². The normalized spacial score (nSPS) is 13.8. The Morgan fingerprint density at radius 3 is 2.74 bits per heavy atom. The molecule has 2 aromatic carbocycles. The van der Waals surface area contributed by atoms with Crippen molar-refractivity contribution in [2.45, 2.75) is 19.5 Å². The van der Waals surface area contributed by atoms with Crippen LogP contribution in [0, 0.1) is 10.1 Å². The molecule has 0 bridgehead atoms. The molecule has 0 amide bonds. The van der Waals surface area contributed by atoms with Crippen LogP contribution in [0.15, 0.2) is 36.4 Å². The first-order chi connectivity index (χ1) is 11.0. The molecule has 2 aromatic rings. The van der Waals surface area contributed by atoms with E-state index in [1.54, 1.807) is 12.1 Å². The van der Waals surface area contributed by atoms with Crippen molar-refractivity contribution in [2.24, 2.45) is 0 Å². The highest BCUT2D eigenvalue weighted by Gasteiger charge is 2.23. The third-order valence-corrected chi connectivity index (χ3v) is 3.95. The highest BCUT2D eigenvalue weighted by atomic mass is 35.5. The monoisotopic (exact) mass is 334 g/mol. The van der Waals surface area contributed by atoms with Crippen LogP contribution in [0.5, 0.6) is 11.5 Å². The average Bonchev–Trinajstić information content (AvgIpc) is 2.98. The molecular formula is C16H15ClN2O4. The van der Waals surface area contributed by atoms with Crippen LogP contribution >= 0.6 is 11.6 Å². The molecule has 0 aromatic heterocycles. The Morgan fingerprint density at radius 1 is 1.30 bits per heavy atom. The number of ether oxygens (including phenoxy) is 2. The van der Waals surface area contributed by atoms with Crippen LogP contribution in [0.25, 0.3) is 0 Å². The molecule has 1 aliphatic rings. The topological polar surface area (TPSA) is 73.6 Å². The molecule has 1 atom stereocenters. The van der Waals surface area contributed by atoms with Crippen LogP contribution < -0.4 is 14.8 Å². The number of halogens is 1. The van der Waals surface area contributed by atoms with Crippen molar-refractivity contribution in [3.05, 3.63) is 62.7 Å². The standard InChI is InChI=1S/C16H15ClN2O4/c1-10(11-3-2-4-13(17)5-11)18-8-12-6-15-16(23-9-22-15)7-14(12)19(20)21/h2-7,10,18H,8-9H2,1H3/t10-/m0/s1. The van der Waals surface area contributed by atoms with Crippen LogP contribution in [0.2, 0.25) is 5.02 Å². The number of hydrogen-bond donors (Lipinski definition) is 1. The number of benzene rings is 2. The van der Waals surface area contributed by atoms with Crippen molar-refractivity contribution in [3.8, 4) is 11.5 Å². The molecule has 120 valence electrons. The second kappa shape index (κ2) is 6.44. The fourth-order valence-corrected chi connectivity index (χ4v) is 2.64. The lowest BCUT2D eigenvalue weighted by atomic mass is 10.1. The fraction of sp³-hybridized carbons (Fsp3) is 0.250. The van der Waals surface area contributed by atoms with Crippen molar-refractivity contribution in [3.63, 3.8) is 0 Å². The molecule has 3 rings (SSSR count). The van der Waals surface area contributed by atoms with Gasteiger partial charge in [0.1, 0.15) is 0 Å². The Balaban J connectivity index is 1.78.